The second-order valence-electron chi connectivity index (χ2n) is 3.05. The molecule has 0 aromatic carbocycles. The van der Waals surface area contributed by atoms with Crippen molar-refractivity contribution in [3.8, 4) is 0 Å². The maximum absolute atomic E-state index is 11.5. The van der Waals surface area contributed by atoms with Crippen LogP contribution in [0.15, 0.2) is 16.0 Å². The molecule has 0 unspecified atom stereocenters. The highest BCUT2D eigenvalue weighted by Crippen LogP contribution is 2.04. The van der Waals surface area contributed by atoms with Gasteiger partial charge in [-0.1, -0.05) is 0 Å². The first-order valence-electron chi connectivity index (χ1n) is 4.01. The van der Waals surface area contributed by atoms with E-state index in [1.54, 1.807) is 6.92 Å². The molecule has 0 saturated carbocycles. The number of hydrazone groups is 1. The molecule has 4 heteroatoms. The van der Waals surface area contributed by atoms with Crippen LogP contribution in [0.3, 0.4) is 0 Å². The van der Waals surface area contributed by atoms with Crippen molar-refractivity contribution in [3.05, 3.63) is 33.2 Å². The van der Waals surface area contributed by atoms with Crippen molar-refractivity contribution in [2.75, 3.05) is 0 Å². The summed E-state index contributed by atoms with van der Waals surface area (Å²) in [7, 11) is 0. The Kier molecular flexibility index (Phi) is 2.51. The molecule has 13 heavy (non-hydrogen) atoms. The Morgan fingerprint density at radius 1 is 1.54 bits per heavy atom. The van der Waals surface area contributed by atoms with Crippen LogP contribution in [0.2, 0.25) is 0 Å². The summed E-state index contributed by atoms with van der Waals surface area (Å²) in [5.74, 6) is 5.12. The summed E-state index contributed by atoms with van der Waals surface area (Å²) < 4.78 is 0. The Morgan fingerprint density at radius 3 is 2.62 bits per heavy atom. The van der Waals surface area contributed by atoms with Crippen LogP contribution in [0.5, 0.6) is 0 Å². The third-order valence-electron chi connectivity index (χ3n) is 1.92. The maximum atomic E-state index is 11.5. The molecule has 0 radical (unpaired) electrons. The number of nitrogens with one attached hydrogen (secondary N) is 1. The maximum Gasteiger partial charge on any atom is 0.257 e. The fraction of sp³-hybridized carbons (Fsp3) is 0.333. The lowest BCUT2D eigenvalue weighted by Gasteiger charge is -2.03. The average Bonchev–Trinajstić information content (AvgIpc) is 2.02. The molecule has 3 N–H and O–H groups in total. The number of aromatic nitrogens is 1. The van der Waals surface area contributed by atoms with Crippen LogP contribution < -0.4 is 11.4 Å². The molecule has 1 aromatic heterocycles. The van der Waals surface area contributed by atoms with Gasteiger partial charge in [-0.15, -0.1) is 0 Å². The highest BCUT2D eigenvalue weighted by molar-refractivity contribution is 5.99. The standard InChI is InChI=1S/C9H13N3O/c1-5-4-6(2)11-9(13)8(5)7(3)12-10/h4H,10H2,1-3H3,(H,11,13). The molecule has 0 fully saturated rings. The van der Waals surface area contributed by atoms with Crippen molar-refractivity contribution in [1.82, 2.24) is 4.98 Å². The van der Waals surface area contributed by atoms with E-state index < -0.39 is 0 Å². The molecule has 0 aliphatic rings. The highest BCUT2D eigenvalue weighted by atomic mass is 16.1. The number of pyridine rings is 1. The Morgan fingerprint density at radius 2 is 2.15 bits per heavy atom. The Hall–Kier alpha value is -1.58. The summed E-state index contributed by atoms with van der Waals surface area (Å²) in [5, 5.41) is 3.51. The first kappa shape index (κ1) is 9.51. The van der Waals surface area contributed by atoms with E-state index in [1.807, 2.05) is 19.9 Å². The zero-order valence-electron chi connectivity index (χ0n) is 8.01. The molecule has 0 aliphatic heterocycles. The second-order valence-corrected chi connectivity index (χ2v) is 3.05. The number of hydrogen-bond donors (Lipinski definition) is 2. The third kappa shape index (κ3) is 1.77. The zero-order valence-corrected chi connectivity index (χ0v) is 8.01. The number of rotatable bonds is 1. The van der Waals surface area contributed by atoms with E-state index in [0.717, 1.165) is 11.3 Å². The van der Waals surface area contributed by atoms with Gasteiger partial charge in [0.05, 0.1) is 11.3 Å². The fourth-order valence-electron chi connectivity index (χ4n) is 1.37. The van der Waals surface area contributed by atoms with E-state index >= 15 is 0 Å². The van der Waals surface area contributed by atoms with E-state index in [0.29, 0.717) is 11.3 Å². The first-order chi connectivity index (χ1) is 6.06. The average molecular weight is 179 g/mol. The lowest BCUT2D eigenvalue weighted by Crippen LogP contribution is -2.20. The monoisotopic (exact) mass is 179 g/mol. The van der Waals surface area contributed by atoms with Gasteiger partial charge in [0.15, 0.2) is 0 Å². The Balaban J connectivity index is 3.47. The van der Waals surface area contributed by atoms with Crippen LogP contribution in [0, 0.1) is 13.8 Å². The molecule has 1 aromatic rings. The van der Waals surface area contributed by atoms with E-state index in [1.165, 1.54) is 0 Å². The summed E-state index contributed by atoms with van der Waals surface area (Å²) in [6.07, 6.45) is 0. The first-order valence-corrected chi connectivity index (χ1v) is 4.01. The van der Waals surface area contributed by atoms with Gasteiger partial charge in [-0.05, 0) is 32.4 Å². The number of aromatic amines is 1. The van der Waals surface area contributed by atoms with Gasteiger partial charge in [0.2, 0.25) is 0 Å². The molecule has 0 saturated heterocycles. The molecule has 0 aliphatic carbocycles. The number of aryl methyl sites for hydroxylation is 2. The molecule has 0 spiro atoms. The van der Waals surface area contributed by atoms with Gasteiger partial charge in [0, 0.05) is 5.69 Å². The van der Waals surface area contributed by atoms with Gasteiger partial charge in [-0.2, -0.15) is 5.10 Å². The highest BCUT2D eigenvalue weighted by Gasteiger charge is 2.07. The summed E-state index contributed by atoms with van der Waals surface area (Å²) in [6, 6.07) is 1.89. The van der Waals surface area contributed by atoms with Crippen LogP contribution in [0.4, 0.5) is 0 Å². The van der Waals surface area contributed by atoms with Crippen LogP contribution in [0.1, 0.15) is 23.7 Å². The van der Waals surface area contributed by atoms with E-state index in [-0.39, 0.29) is 5.56 Å². The number of hydrogen-bond acceptors (Lipinski definition) is 3. The van der Waals surface area contributed by atoms with E-state index in [4.69, 9.17) is 5.84 Å². The van der Waals surface area contributed by atoms with Gasteiger partial charge in [-0.3, -0.25) is 4.79 Å². The quantitative estimate of drug-likeness (QED) is 0.378. The smallest absolute Gasteiger partial charge is 0.257 e. The predicted molar refractivity (Wildman–Crippen MR) is 52.9 cm³/mol. The van der Waals surface area contributed by atoms with Crippen LogP contribution in [-0.2, 0) is 0 Å². The lowest BCUT2D eigenvalue weighted by atomic mass is 10.1. The molecule has 1 heterocycles. The zero-order chi connectivity index (χ0) is 10.0. The molecule has 0 bridgehead atoms. The number of nitrogens with zero attached hydrogens (tertiary/aromatic N) is 1. The van der Waals surface area contributed by atoms with Crippen molar-refractivity contribution in [1.29, 1.82) is 0 Å². The molecule has 70 valence electrons. The van der Waals surface area contributed by atoms with E-state index in [9.17, 15) is 4.79 Å². The fourth-order valence-corrected chi connectivity index (χ4v) is 1.37. The Labute approximate surface area is 76.5 Å². The van der Waals surface area contributed by atoms with Gasteiger partial charge in [0.25, 0.3) is 5.56 Å². The van der Waals surface area contributed by atoms with Crippen molar-refractivity contribution >= 4 is 5.71 Å². The normalized spacial score (nSPS) is 11.8. The second kappa shape index (κ2) is 3.43. The lowest BCUT2D eigenvalue weighted by molar-refractivity contribution is 1.10. The van der Waals surface area contributed by atoms with E-state index in [2.05, 4.69) is 10.1 Å². The van der Waals surface area contributed by atoms with Gasteiger partial charge in [-0.25, -0.2) is 0 Å². The van der Waals surface area contributed by atoms with Crippen LogP contribution in [0.25, 0.3) is 0 Å². The molecular weight excluding hydrogens is 166 g/mol. The summed E-state index contributed by atoms with van der Waals surface area (Å²) in [5.41, 5.74) is 2.72. The topological polar surface area (TPSA) is 71.2 Å². The van der Waals surface area contributed by atoms with Crippen molar-refractivity contribution in [2.24, 2.45) is 10.9 Å². The summed E-state index contributed by atoms with van der Waals surface area (Å²) >= 11 is 0. The minimum Gasteiger partial charge on any atom is -0.326 e. The van der Waals surface area contributed by atoms with Gasteiger partial charge >= 0.3 is 0 Å². The van der Waals surface area contributed by atoms with Crippen LogP contribution >= 0.6 is 0 Å². The molecular formula is C9H13N3O. The van der Waals surface area contributed by atoms with Crippen molar-refractivity contribution < 1.29 is 0 Å². The molecule has 4 nitrogen and oxygen atoms in total. The predicted octanol–water partition coefficient (Wildman–Crippen LogP) is 0.674. The minimum atomic E-state index is -0.135. The van der Waals surface area contributed by atoms with Crippen molar-refractivity contribution in [3.63, 3.8) is 0 Å². The SMILES string of the molecule is CC(=NN)c1c(C)cc(C)[nH]c1=O. The summed E-state index contributed by atoms with van der Waals surface area (Å²) in [4.78, 5) is 14.2. The van der Waals surface area contributed by atoms with Gasteiger partial charge < -0.3 is 10.8 Å². The van der Waals surface area contributed by atoms with Gasteiger partial charge in [0.1, 0.15) is 0 Å². The minimum absolute atomic E-state index is 0.135. The largest absolute Gasteiger partial charge is 0.326 e. The molecule has 1 rings (SSSR count). The Bertz CT molecular complexity index is 404. The van der Waals surface area contributed by atoms with Crippen molar-refractivity contribution in [2.45, 2.75) is 20.8 Å². The van der Waals surface area contributed by atoms with Crippen LogP contribution in [-0.4, -0.2) is 10.7 Å². The number of H-pyrrole nitrogens is 1. The summed E-state index contributed by atoms with van der Waals surface area (Å²) in [6.45, 7) is 5.42. The molecule has 0 atom stereocenters. The number of nitrogens with two attached hydrogens (primary N) is 1. The third-order valence-corrected chi connectivity index (χ3v) is 1.92. The molecule has 0 amide bonds.